The van der Waals surface area contributed by atoms with Crippen molar-refractivity contribution in [3.63, 3.8) is 0 Å². The Kier molecular flexibility index (Phi) is 4.03. The van der Waals surface area contributed by atoms with Gasteiger partial charge in [-0.3, -0.25) is 0 Å². The molecule has 2 aromatic heterocycles. The second-order valence-corrected chi connectivity index (χ2v) is 4.95. The van der Waals surface area contributed by atoms with Gasteiger partial charge in [0.1, 0.15) is 6.26 Å². The SMILES string of the molecule is Cc1coc(Sc2nc(Cl)nc(OC(C)C)n2)n1. The molecule has 2 heterocycles. The third kappa shape index (κ3) is 3.58. The third-order valence-electron chi connectivity index (χ3n) is 1.68. The van der Waals surface area contributed by atoms with Crippen molar-refractivity contribution in [3.05, 3.63) is 17.2 Å². The number of hydrogen-bond acceptors (Lipinski definition) is 7. The van der Waals surface area contributed by atoms with Crippen LogP contribution in [0.25, 0.3) is 0 Å². The number of hydrogen-bond donors (Lipinski definition) is 0. The topological polar surface area (TPSA) is 73.9 Å². The van der Waals surface area contributed by atoms with Crippen LogP contribution in [0.15, 0.2) is 21.1 Å². The summed E-state index contributed by atoms with van der Waals surface area (Å²) in [4.78, 5) is 16.1. The fourth-order valence-electron chi connectivity index (χ4n) is 1.08. The molecule has 0 aromatic carbocycles. The molecule has 0 aliphatic rings. The summed E-state index contributed by atoms with van der Waals surface area (Å²) in [6, 6.07) is 0.191. The lowest BCUT2D eigenvalue weighted by molar-refractivity contribution is 0.219. The van der Waals surface area contributed by atoms with Gasteiger partial charge < -0.3 is 9.15 Å². The Morgan fingerprint density at radius 1 is 1.28 bits per heavy atom. The van der Waals surface area contributed by atoms with E-state index in [-0.39, 0.29) is 17.4 Å². The highest BCUT2D eigenvalue weighted by molar-refractivity contribution is 7.98. The van der Waals surface area contributed by atoms with Crippen molar-refractivity contribution in [1.82, 2.24) is 19.9 Å². The molecular weight excluding hydrogens is 276 g/mol. The molecule has 0 saturated carbocycles. The van der Waals surface area contributed by atoms with Gasteiger partial charge in [0.05, 0.1) is 11.8 Å². The maximum atomic E-state index is 5.80. The molecule has 0 N–H and O–H groups in total. The van der Waals surface area contributed by atoms with Crippen molar-refractivity contribution in [2.24, 2.45) is 0 Å². The van der Waals surface area contributed by atoms with Crippen molar-refractivity contribution in [1.29, 1.82) is 0 Å². The Hall–Kier alpha value is -1.34. The molecule has 6 nitrogen and oxygen atoms in total. The zero-order valence-corrected chi connectivity index (χ0v) is 11.6. The first-order chi connectivity index (χ1) is 8.52. The number of aryl methyl sites for hydroxylation is 1. The van der Waals surface area contributed by atoms with Gasteiger partial charge >= 0.3 is 6.01 Å². The predicted molar refractivity (Wildman–Crippen MR) is 66.0 cm³/mol. The molecule has 0 bridgehead atoms. The van der Waals surface area contributed by atoms with Crippen LogP contribution in [0.2, 0.25) is 5.28 Å². The van der Waals surface area contributed by atoms with Crippen LogP contribution in [0.4, 0.5) is 0 Å². The van der Waals surface area contributed by atoms with E-state index in [1.807, 2.05) is 20.8 Å². The van der Waals surface area contributed by atoms with E-state index < -0.39 is 0 Å². The van der Waals surface area contributed by atoms with E-state index >= 15 is 0 Å². The standard InChI is InChI=1S/C10H11ClN4O2S/c1-5(2)17-8-13-7(11)14-9(15-8)18-10-12-6(3)4-16-10/h4-5H,1-3H3. The number of halogens is 1. The zero-order chi connectivity index (χ0) is 13.1. The molecule has 2 aromatic rings. The largest absolute Gasteiger partial charge is 0.461 e. The van der Waals surface area contributed by atoms with Crippen LogP contribution in [-0.2, 0) is 0 Å². The van der Waals surface area contributed by atoms with Gasteiger partial charge in [-0.1, -0.05) is 0 Å². The lowest BCUT2D eigenvalue weighted by atomic mass is 10.5. The molecule has 2 rings (SSSR count). The summed E-state index contributed by atoms with van der Waals surface area (Å²) in [7, 11) is 0. The van der Waals surface area contributed by atoms with Crippen molar-refractivity contribution >= 4 is 23.4 Å². The fraction of sp³-hybridized carbons (Fsp3) is 0.400. The third-order valence-corrected chi connectivity index (χ3v) is 2.58. The van der Waals surface area contributed by atoms with E-state index in [4.69, 9.17) is 20.8 Å². The van der Waals surface area contributed by atoms with Crippen LogP contribution < -0.4 is 4.74 Å². The van der Waals surface area contributed by atoms with Gasteiger partial charge in [0.15, 0.2) is 0 Å². The van der Waals surface area contributed by atoms with Crippen LogP contribution in [-0.4, -0.2) is 26.0 Å². The molecule has 0 spiro atoms. The number of rotatable bonds is 4. The Morgan fingerprint density at radius 3 is 2.67 bits per heavy atom. The van der Waals surface area contributed by atoms with Crippen molar-refractivity contribution in [2.75, 3.05) is 0 Å². The Labute approximate surface area is 113 Å². The Balaban J connectivity index is 2.19. The maximum absolute atomic E-state index is 5.80. The van der Waals surface area contributed by atoms with Gasteiger partial charge in [-0.25, -0.2) is 4.98 Å². The minimum atomic E-state index is -0.0368. The molecule has 0 atom stereocenters. The molecule has 0 radical (unpaired) electrons. The molecule has 0 fully saturated rings. The second kappa shape index (κ2) is 5.53. The van der Waals surface area contributed by atoms with Crippen molar-refractivity contribution in [2.45, 2.75) is 37.3 Å². The molecular formula is C10H11ClN4O2S. The lowest BCUT2D eigenvalue weighted by Crippen LogP contribution is -2.09. The summed E-state index contributed by atoms with van der Waals surface area (Å²) < 4.78 is 10.6. The van der Waals surface area contributed by atoms with Crippen LogP contribution in [0, 0.1) is 6.92 Å². The van der Waals surface area contributed by atoms with Gasteiger partial charge in [-0.05, 0) is 32.4 Å². The van der Waals surface area contributed by atoms with Gasteiger partial charge in [-0.2, -0.15) is 15.0 Å². The van der Waals surface area contributed by atoms with E-state index in [9.17, 15) is 0 Å². The molecule has 8 heteroatoms. The molecule has 0 aliphatic carbocycles. The second-order valence-electron chi connectivity index (χ2n) is 3.69. The summed E-state index contributed by atoms with van der Waals surface area (Å²) in [6.45, 7) is 5.59. The van der Waals surface area contributed by atoms with E-state index in [2.05, 4.69) is 19.9 Å². The summed E-state index contributed by atoms with van der Waals surface area (Å²) in [5.41, 5.74) is 0.788. The van der Waals surface area contributed by atoms with Crippen LogP contribution in [0.3, 0.4) is 0 Å². The lowest BCUT2D eigenvalue weighted by Gasteiger charge is -2.07. The summed E-state index contributed by atoms with van der Waals surface area (Å²) in [6.07, 6.45) is 1.52. The fourth-order valence-corrected chi connectivity index (χ4v) is 1.98. The van der Waals surface area contributed by atoms with E-state index in [1.165, 1.54) is 0 Å². The average Bonchev–Trinajstić information content (AvgIpc) is 2.61. The van der Waals surface area contributed by atoms with Crippen LogP contribution in [0.1, 0.15) is 19.5 Å². The number of nitrogens with zero attached hydrogens (tertiary/aromatic N) is 4. The van der Waals surface area contributed by atoms with E-state index in [1.54, 1.807) is 6.26 Å². The average molecular weight is 287 g/mol. The van der Waals surface area contributed by atoms with E-state index in [0.717, 1.165) is 17.5 Å². The molecule has 0 aliphatic heterocycles. The minimum absolute atomic E-state index is 0.0368. The first-order valence-electron chi connectivity index (χ1n) is 5.21. The van der Waals surface area contributed by atoms with Crippen LogP contribution >= 0.6 is 23.4 Å². The highest BCUT2D eigenvalue weighted by Gasteiger charge is 2.11. The van der Waals surface area contributed by atoms with Crippen molar-refractivity contribution in [3.8, 4) is 6.01 Å². The summed E-state index contributed by atoms with van der Waals surface area (Å²) in [5, 5.41) is 0.907. The number of aromatic nitrogens is 4. The number of ether oxygens (including phenoxy) is 1. The monoisotopic (exact) mass is 286 g/mol. The summed E-state index contributed by atoms with van der Waals surface area (Å²) >= 11 is 6.96. The Morgan fingerprint density at radius 2 is 2.06 bits per heavy atom. The van der Waals surface area contributed by atoms with Gasteiger partial charge in [0.25, 0.3) is 5.22 Å². The molecule has 0 saturated heterocycles. The van der Waals surface area contributed by atoms with Gasteiger partial charge in [-0.15, -0.1) is 0 Å². The highest BCUT2D eigenvalue weighted by atomic mass is 35.5. The minimum Gasteiger partial charge on any atom is -0.461 e. The normalized spacial score (nSPS) is 10.9. The van der Waals surface area contributed by atoms with E-state index in [0.29, 0.717) is 10.4 Å². The quantitative estimate of drug-likeness (QED) is 0.855. The predicted octanol–water partition coefficient (Wildman–Crippen LogP) is 2.76. The molecule has 0 amide bonds. The van der Waals surface area contributed by atoms with Gasteiger partial charge in [0.2, 0.25) is 10.4 Å². The summed E-state index contributed by atoms with van der Waals surface area (Å²) in [5.74, 6) is 0. The van der Waals surface area contributed by atoms with Crippen LogP contribution in [0.5, 0.6) is 6.01 Å². The Bertz CT molecular complexity index is 546. The first-order valence-corrected chi connectivity index (χ1v) is 6.40. The van der Waals surface area contributed by atoms with Crippen molar-refractivity contribution < 1.29 is 9.15 Å². The molecule has 0 unspecified atom stereocenters. The van der Waals surface area contributed by atoms with Gasteiger partial charge in [0, 0.05) is 11.8 Å². The highest BCUT2D eigenvalue weighted by Crippen LogP contribution is 2.25. The molecule has 18 heavy (non-hydrogen) atoms. The number of oxazole rings is 1. The first kappa shape index (κ1) is 13.1. The zero-order valence-electron chi connectivity index (χ0n) is 10.0. The smallest absolute Gasteiger partial charge is 0.322 e. The maximum Gasteiger partial charge on any atom is 0.322 e. The molecule has 96 valence electrons.